The fourth-order valence-electron chi connectivity index (χ4n) is 5.75. The van der Waals surface area contributed by atoms with E-state index in [9.17, 15) is 0 Å². The molecule has 0 spiro atoms. The van der Waals surface area contributed by atoms with Crippen LogP contribution in [0.2, 0.25) is 0 Å². The van der Waals surface area contributed by atoms with Crippen molar-refractivity contribution in [3.63, 3.8) is 0 Å². The van der Waals surface area contributed by atoms with Crippen molar-refractivity contribution in [2.45, 2.75) is 66.2 Å². The summed E-state index contributed by atoms with van der Waals surface area (Å²) < 4.78 is 0. The average molecular weight is 395 g/mol. The monoisotopic (exact) mass is 394 g/mol. The van der Waals surface area contributed by atoms with Crippen LogP contribution >= 0.6 is 0 Å². The Labute approximate surface area is 179 Å². The number of rotatable bonds is 2. The van der Waals surface area contributed by atoms with Gasteiger partial charge in [-0.3, -0.25) is 0 Å². The molecule has 0 saturated heterocycles. The minimum absolute atomic E-state index is 0.700. The van der Waals surface area contributed by atoms with Gasteiger partial charge in [-0.15, -0.1) is 0 Å². The molecule has 0 bridgehead atoms. The van der Waals surface area contributed by atoms with Crippen LogP contribution < -0.4 is 0 Å². The molecule has 0 radical (unpaired) electrons. The zero-order chi connectivity index (χ0) is 21.0. The van der Waals surface area contributed by atoms with Crippen LogP contribution in [0.3, 0.4) is 0 Å². The Morgan fingerprint density at radius 1 is 0.800 bits per heavy atom. The van der Waals surface area contributed by atoms with E-state index in [0.29, 0.717) is 5.92 Å². The molecule has 1 aliphatic carbocycles. The van der Waals surface area contributed by atoms with Gasteiger partial charge >= 0.3 is 0 Å². The van der Waals surface area contributed by atoms with E-state index >= 15 is 0 Å². The highest BCUT2D eigenvalue weighted by atomic mass is 14.9. The van der Waals surface area contributed by atoms with Gasteiger partial charge in [0.2, 0.25) is 0 Å². The number of nitrogens with zero attached hydrogens (tertiary/aromatic N) is 2. The van der Waals surface area contributed by atoms with E-state index in [-0.39, 0.29) is 0 Å². The topological polar surface area (TPSA) is 25.8 Å². The standard InChI is InChI=1S/C28H30N2/c1-16-12-17(2)14-23(13-16)27-24-11-10-22-15-18(3)25(21-8-6-7-9-21)19(4)26(22)28(24)30-20(5)29-27/h10-15,21H,6-9H2,1-5H3. The third-order valence-electron chi connectivity index (χ3n) is 6.85. The fraction of sp³-hybridized carbons (Fsp3) is 0.357. The van der Waals surface area contributed by atoms with Crippen molar-refractivity contribution in [2.24, 2.45) is 0 Å². The first-order valence-corrected chi connectivity index (χ1v) is 11.2. The van der Waals surface area contributed by atoms with E-state index in [1.807, 2.05) is 6.92 Å². The molecule has 152 valence electrons. The predicted molar refractivity (Wildman–Crippen MR) is 127 cm³/mol. The molecule has 4 aromatic rings. The molecule has 0 aliphatic heterocycles. The molecule has 1 heterocycles. The van der Waals surface area contributed by atoms with Gasteiger partial charge in [-0.1, -0.05) is 42.2 Å². The highest BCUT2D eigenvalue weighted by Crippen LogP contribution is 2.42. The van der Waals surface area contributed by atoms with E-state index in [1.54, 1.807) is 5.56 Å². The maximum absolute atomic E-state index is 4.98. The summed E-state index contributed by atoms with van der Waals surface area (Å²) in [6.45, 7) is 10.9. The van der Waals surface area contributed by atoms with Crippen LogP contribution in [0.15, 0.2) is 36.4 Å². The maximum atomic E-state index is 4.98. The van der Waals surface area contributed by atoms with E-state index in [2.05, 4.69) is 64.1 Å². The van der Waals surface area contributed by atoms with Gasteiger partial charge in [-0.25, -0.2) is 9.97 Å². The van der Waals surface area contributed by atoms with E-state index in [0.717, 1.165) is 22.4 Å². The summed E-state index contributed by atoms with van der Waals surface area (Å²) in [5.74, 6) is 1.54. The van der Waals surface area contributed by atoms with Gasteiger partial charge in [0.1, 0.15) is 5.82 Å². The molecule has 0 atom stereocenters. The van der Waals surface area contributed by atoms with Crippen LogP contribution in [-0.2, 0) is 0 Å². The Morgan fingerprint density at radius 2 is 1.50 bits per heavy atom. The normalized spacial score (nSPS) is 14.8. The molecule has 0 amide bonds. The SMILES string of the molecule is Cc1cc(C)cc(-c2nc(C)nc3c2ccc2cc(C)c(C4CCCC4)c(C)c23)c1. The first-order valence-electron chi connectivity index (χ1n) is 11.2. The summed E-state index contributed by atoms with van der Waals surface area (Å²) in [5, 5.41) is 3.77. The van der Waals surface area contributed by atoms with Crippen molar-refractivity contribution < 1.29 is 0 Å². The third-order valence-corrected chi connectivity index (χ3v) is 6.85. The van der Waals surface area contributed by atoms with Gasteiger partial charge in [0, 0.05) is 16.3 Å². The minimum Gasteiger partial charge on any atom is -0.233 e. The number of aryl methyl sites for hydroxylation is 5. The van der Waals surface area contributed by atoms with Crippen LogP contribution in [-0.4, -0.2) is 9.97 Å². The molecule has 30 heavy (non-hydrogen) atoms. The number of benzene rings is 3. The summed E-state index contributed by atoms with van der Waals surface area (Å²) in [6.07, 6.45) is 5.35. The molecule has 1 fully saturated rings. The lowest BCUT2D eigenvalue weighted by Crippen LogP contribution is -2.02. The number of hydrogen-bond acceptors (Lipinski definition) is 2. The summed E-state index contributed by atoms with van der Waals surface area (Å²) in [4.78, 5) is 9.88. The van der Waals surface area contributed by atoms with Crippen molar-refractivity contribution in [1.29, 1.82) is 0 Å². The summed E-state index contributed by atoms with van der Waals surface area (Å²) in [6, 6.07) is 13.6. The van der Waals surface area contributed by atoms with Crippen molar-refractivity contribution in [3.05, 3.63) is 70.0 Å². The molecule has 1 aromatic heterocycles. The first kappa shape index (κ1) is 19.2. The minimum atomic E-state index is 0.700. The smallest absolute Gasteiger partial charge is 0.126 e. The Bertz CT molecular complexity index is 1270. The lowest BCUT2D eigenvalue weighted by Gasteiger charge is -2.20. The second kappa shape index (κ2) is 7.19. The highest BCUT2D eigenvalue weighted by Gasteiger charge is 2.23. The zero-order valence-corrected chi connectivity index (χ0v) is 18.8. The Kier molecular flexibility index (Phi) is 4.61. The molecule has 0 N–H and O–H groups in total. The maximum Gasteiger partial charge on any atom is 0.126 e. The average Bonchev–Trinajstić information content (AvgIpc) is 3.20. The second-order valence-electron chi connectivity index (χ2n) is 9.27. The Morgan fingerprint density at radius 3 is 2.20 bits per heavy atom. The zero-order valence-electron chi connectivity index (χ0n) is 18.8. The number of hydrogen-bond donors (Lipinski definition) is 0. The van der Waals surface area contributed by atoms with Gasteiger partial charge in [-0.2, -0.15) is 0 Å². The molecule has 0 unspecified atom stereocenters. The van der Waals surface area contributed by atoms with Crippen molar-refractivity contribution >= 4 is 21.7 Å². The molecular weight excluding hydrogens is 364 g/mol. The Balaban J connectivity index is 1.86. The molecule has 5 rings (SSSR count). The van der Waals surface area contributed by atoms with Crippen molar-refractivity contribution in [1.82, 2.24) is 9.97 Å². The molecule has 2 nitrogen and oxygen atoms in total. The lowest BCUT2D eigenvalue weighted by atomic mass is 9.85. The quantitative estimate of drug-likeness (QED) is 0.326. The second-order valence-corrected chi connectivity index (χ2v) is 9.27. The van der Waals surface area contributed by atoms with Gasteiger partial charge in [0.05, 0.1) is 11.2 Å². The predicted octanol–water partition coefficient (Wildman–Crippen LogP) is 7.65. The lowest BCUT2D eigenvalue weighted by molar-refractivity contribution is 0.714. The van der Waals surface area contributed by atoms with Gasteiger partial charge in [-0.05, 0) is 93.7 Å². The molecular formula is C28H30N2. The molecule has 3 aromatic carbocycles. The largest absolute Gasteiger partial charge is 0.233 e. The molecule has 1 aliphatic rings. The summed E-state index contributed by atoms with van der Waals surface area (Å²) in [7, 11) is 0. The van der Waals surface area contributed by atoms with Crippen molar-refractivity contribution in [2.75, 3.05) is 0 Å². The van der Waals surface area contributed by atoms with Crippen molar-refractivity contribution in [3.8, 4) is 11.3 Å². The Hall–Kier alpha value is -2.74. The summed E-state index contributed by atoms with van der Waals surface area (Å²) in [5.41, 5.74) is 10.3. The van der Waals surface area contributed by atoms with Crippen LogP contribution in [0.5, 0.6) is 0 Å². The molecule has 2 heteroatoms. The van der Waals surface area contributed by atoms with E-state index in [1.165, 1.54) is 64.3 Å². The van der Waals surface area contributed by atoms with Crippen LogP contribution in [0.25, 0.3) is 32.9 Å². The van der Waals surface area contributed by atoms with Crippen LogP contribution in [0, 0.1) is 34.6 Å². The van der Waals surface area contributed by atoms with Gasteiger partial charge in [0.25, 0.3) is 0 Å². The highest BCUT2D eigenvalue weighted by molar-refractivity contribution is 6.11. The first-order chi connectivity index (χ1) is 14.4. The molecule has 1 saturated carbocycles. The fourth-order valence-corrected chi connectivity index (χ4v) is 5.75. The van der Waals surface area contributed by atoms with Crippen LogP contribution in [0.1, 0.15) is 65.2 Å². The van der Waals surface area contributed by atoms with E-state index in [4.69, 9.17) is 9.97 Å². The van der Waals surface area contributed by atoms with Gasteiger partial charge < -0.3 is 0 Å². The number of aromatic nitrogens is 2. The summed E-state index contributed by atoms with van der Waals surface area (Å²) >= 11 is 0. The number of fused-ring (bicyclic) bond motifs is 3. The van der Waals surface area contributed by atoms with Crippen LogP contribution in [0.4, 0.5) is 0 Å². The third kappa shape index (κ3) is 3.10. The van der Waals surface area contributed by atoms with E-state index < -0.39 is 0 Å². The van der Waals surface area contributed by atoms with Gasteiger partial charge in [0.15, 0.2) is 0 Å².